The highest BCUT2D eigenvalue weighted by Gasteiger charge is 2.24. The first-order valence-corrected chi connectivity index (χ1v) is 9.34. The number of furan rings is 1. The predicted octanol–water partition coefficient (Wildman–Crippen LogP) is 3.39. The van der Waals surface area contributed by atoms with Crippen molar-refractivity contribution in [1.29, 1.82) is 0 Å². The van der Waals surface area contributed by atoms with E-state index < -0.39 is 0 Å². The van der Waals surface area contributed by atoms with E-state index in [-0.39, 0.29) is 5.91 Å². The quantitative estimate of drug-likeness (QED) is 0.751. The van der Waals surface area contributed by atoms with Gasteiger partial charge in [0, 0.05) is 37.9 Å². The largest absolute Gasteiger partial charge is 0.459 e. The van der Waals surface area contributed by atoms with Crippen molar-refractivity contribution in [2.75, 3.05) is 36.4 Å². The molecule has 2 aromatic heterocycles. The highest BCUT2D eigenvalue weighted by Crippen LogP contribution is 2.22. The van der Waals surface area contributed by atoms with Crippen molar-refractivity contribution in [2.45, 2.75) is 13.8 Å². The van der Waals surface area contributed by atoms with Gasteiger partial charge in [-0.2, -0.15) is 0 Å². The summed E-state index contributed by atoms with van der Waals surface area (Å²) in [4.78, 5) is 25.1. The Morgan fingerprint density at radius 3 is 2.57 bits per heavy atom. The van der Waals surface area contributed by atoms with Crippen LogP contribution in [0.5, 0.6) is 0 Å². The van der Waals surface area contributed by atoms with E-state index in [0.29, 0.717) is 31.9 Å². The van der Waals surface area contributed by atoms with E-state index in [2.05, 4.69) is 46.2 Å². The number of aromatic nitrogens is 2. The Bertz CT molecular complexity index is 963. The molecule has 3 aromatic rings. The fourth-order valence-corrected chi connectivity index (χ4v) is 3.25. The van der Waals surface area contributed by atoms with Gasteiger partial charge in [-0.3, -0.25) is 4.79 Å². The number of rotatable bonds is 4. The Labute approximate surface area is 164 Å². The first-order chi connectivity index (χ1) is 13.6. The van der Waals surface area contributed by atoms with E-state index in [9.17, 15) is 4.79 Å². The van der Waals surface area contributed by atoms with Gasteiger partial charge in [-0.25, -0.2) is 9.97 Å². The van der Waals surface area contributed by atoms with Crippen LogP contribution in [0.3, 0.4) is 0 Å². The van der Waals surface area contributed by atoms with Crippen LogP contribution >= 0.6 is 0 Å². The van der Waals surface area contributed by atoms with Crippen LogP contribution in [0.1, 0.15) is 21.7 Å². The van der Waals surface area contributed by atoms with Gasteiger partial charge in [0.25, 0.3) is 5.91 Å². The zero-order valence-electron chi connectivity index (χ0n) is 16.1. The van der Waals surface area contributed by atoms with E-state index in [1.807, 2.05) is 17.0 Å². The van der Waals surface area contributed by atoms with Crippen LogP contribution in [-0.2, 0) is 0 Å². The Kier molecular flexibility index (Phi) is 4.97. The van der Waals surface area contributed by atoms with E-state index in [1.54, 1.807) is 18.5 Å². The van der Waals surface area contributed by atoms with Gasteiger partial charge in [0.2, 0.25) is 0 Å². The summed E-state index contributed by atoms with van der Waals surface area (Å²) in [5.74, 6) is 1.92. The molecule has 0 aliphatic carbocycles. The zero-order valence-corrected chi connectivity index (χ0v) is 16.1. The lowest BCUT2D eigenvalue weighted by atomic mass is 10.1. The minimum atomic E-state index is -0.0653. The second-order valence-electron chi connectivity index (χ2n) is 6.94. The molecular formula is C21H23N5O2. The summed E-state index contributed by atoms with van der Waals surface area (Å²) in [6.45, 7) is 6.87. The topological polar surface area (TPSA) is 74.5 Å². The fourth-order valence-electron chi connectivity index (χ4n) is 3.25. The molecule has 3 heterocycles. The van der Waals surface area contributed by atoms with Crippen LogP contribution in [0.25, 0.3) is 0 Å². The summed E-state index contributed by atoms with van der Waals surface area (Å²) in [7, 11) is 0. The molecule has 1 saturated heterocycles. The minimum absolute atomic E-state index is 0.0653. The summed E-state index contributed by atoms with van der Waals surface area (Å²) in [6.07, 6.45) is 3.09. The standard InChI is InChI=1S/C21H23N5O2/c1-15-5-6-17(12-16(15)2)24-19-13-20(23-14-22-19)25-7-9-26(10-8-25)21(27)18-4-3-11-28-18/h3-6,11-14H,7-10H2,1-2H3,(H,22,23,24). The van der Waals surface area contributed by atoms with Crippen molar-refractivity contribution < 1.29 is 9.21 Å². The number of piperazine rings is 1. The lowest BCUT2D eigenvalue weighted by Crippen LogP contribution is -2.49. The number of anilines is 3. The molecule has 0 saturated carbocycles. The smallest absolute Gasteiger partial charge is 0.289 e. The normalized spacial score (nSPS) is 14.2. The number of hydrogen-bond acceptors (Lipinski definition) is 6. The lowest BCUT2D eigenvalue weighted by molar-refractivity contribution is 0.0714. The van der Waals surface area contributed by atoms with Crippen LogP contribution in [0.2, 0.25) is 0 Å². The molecule has 1 fully saturated rings. The maximum Gasteiger partial charge on any atom is 0.289 e. The van der Waals surface area contributed by atoms with Crippen molar-refractivity contribution >= 4 is 23.2 Å². The number of aryl methyl sites for hydroxylation is 2. The Hall–Kier alpha value is -3.35. The van der Waals surface area contributed by atoms with Crippen LogP contribution in [0.4, 0.5) is 17.3 Å². The average molecular weight is 377 g/mol. The van der Waals surface area contributed by atoms with Crippen LogP contribution in [-0.4, -0.2) is 47.0 Å². The van der Waals surface area contributed by atoms with E-state index in [4.69, 9.17) is 4.42 Å². The second kappa shape index (κ2) is 7.72. The number of carbonyl (C=O) groups excluding carboxylic acids is 1. The predicted molar refractivity (Wildman–Crippen MR) is 108 cm³/mol. The number of nitrogens with one attached hydrogen (secondary N) is 1. The van der Waals surface area contributed by atoms with Gasteiger partial charge in [-0.15, -0.1) is 0 Å². The molecule has 1 aliphatic rings. The molecule has 144 valence electrons. The van der Waals surface area contributed by atoms with E-state index in [0.717, 1.165) is 17.3 Å². The van der Waals surface area contributed by atoms with Crippen LogP contribution < -0.4 is 10.2 Å². The van der Waals surface area contributed by atoms with Crippen molar-refractivity contribution in [2.24, 2.45) is 0 Å². The molecular weight excluding hydrogens is 354 g/mol. The third-order valence-corrected chi connectivity index (χ3v) is 5.05. The summed E-state index contributed by atoms with van der Waals surface area (Å²) >= 11 is 0. The SMILES string of the molecule is Cc1ccc(Nc2cc(N3CCN(C(=O)c4ccco4)CC3)ncn2)cc1C. The maximum absolute atomic E-state index is 12.4. The molecule has 7 heteroatoms. The third-order valence-electron chi connectivity index (χ3n) is 5.05. The Morgan fingerprint density at radius 1 is 1.04 bits per heavy atom. The van der Waals surface area contributed by atoms with Gasteiger partial charge in [-0.05, 0) is 49.2 Å². The maximum atomic E-state index is 12.4. The molecule has 0 radical (unpaired) electrons. The van der Waals surface area contributed by atoms with Gasteiger partial charge in [0.1, 0.15) is 18.0 Å². The molecule has 0 atom stereocenters. The molecule has 7 nitrogen and oxygen atoms in total. The van der Waals surface area contributed by atoms with Gasteiger partial charge in [0.15, 0.2) is 5.76 Å². The third kappa shape index (κ3) is 3.83. The van der Waals surface area contributed by atoms with Crippen molar-refractivity contribution in [3.8, 4) is 0 Å². The summed E-state index contributed by atoms with van der Waals surface area (Å²) in [6, 6.07) is 11.6. The van der Waals surface area contributed by atoms with Gasteiger partial charge < -0.3 is 19.5 Å². The van der Waals surface area contributed by atoms with Crippen molar-refractivity contribution in [3.05, 3.63) is 65.9 Å². The second-order valence-corrected chi connectivity index (χ2v) is 6.94. The van der Waals surface area contributed by atoms with Crippen molar-refractivity contribution in [1.82, 2.24) is 14.9 Å². The molecule has 28 heavy (non-hydrogen) atoms. The molecule has 0 bridgehead atoms. The minimum Gasteiger partial charge on any atom is -0.459 e. The van der Waals surface area contributed by atoms with Crippen LogP contribution in [0.15, 0.2) is 53.4 Å². The monoisotopic (exact) mass is 377 g/mol. The van der Waals surface area contributed by atoms with Crippen molar-refractivity contribution in [3.63, 3.8) is 0 Å². The van der Waals surface area contributed by atoms with Gasteiger partial charge >= 0.3 is 0 Å². The van der Waals surface area contributed by atoms with Gasteiger partial charge in [0.05, 0.1) is 6.26 Å². The number of hydrogen-bond donors (Lipinski definition) is 1. The molecule has 1 N–H and O–H groups in total. The first kappa shape index (κ1) is 18.0. The highest BCUT2D eigenvalue weighted by atomic mass is 16.3. The Morgan fingerprint density at radius 2 is 1.86 bits per heavy atom. The molecule has 0 spiro atoms. The molecule has 4 rings (SSSR count). The highest BCUT2D eigenvalue weighted by molar-refractivity contribution is 5.91. The summed E-state index contributed by atoms with van der Waals surface area (Å²) in [5, 5.41) is 3.34. The fraction of sp³-hybridized carbons (Fsp3) is 0.286. The van der Waals surface area contributed by atoms with E-state index >= 15 is 0 Å². The molecule has 1 aromatic carbocycles. The number of nitrogens with zero attached hydrogens (tertiary/aromatic N) is 4. The number of amides is 1. The Balaban J connectivity index is 1.41. The summed E-state index contributed by atoms with van der Waals surface area (Å²) < 4.78 is 5.21. The van der Waals surface area contributed by atoms with E-state index in [1.165, 1.54) is 17.4 Å². The zero-order chi connectivity index (χ0) is 19.5. The summed E-state index contributed by atoms with van der Waals surface area (Å²) in [5.41, 5.74) is 3.49. The number of benzene rings is 1. The van der Waals surface area contributed by atoms with Crippen LogP contribution in [0, 0.1) is 13.8 Å². The van der Waals surface area contributed by atoms with Gasteiger partial charge in [-0.1, -0.05) is 6.07 Å². The molecule has 1 aliphatic heterocycles. The number of carbonyl (C=O) groups is 1. The molecule has 1 amide bonds. The average Bonchev–Trinajstić information content (AvgIpc) is 3.25. The first-order valence-electron chi connectivity index (χ1n) is 9.34. The molecule has 0 unspecified atom stereocenters. The lowest BCUT2D eigenvalue weighted by Gasteiger charge is -2.35.